The van der Waals surface area contributed by atoms with Gasteiger partial charge < -0.3 is 19.3 Å². The Morgan fingerprint density at radius 3 is 2.50 bits per heavy atom. The molecule has 0 fully saturated rings. The molecule has 0 aromatic heterocycles. The van der Waals surface area contributed by atoms with Crippen molar-refractivity contribution in [3.8, 4) is 16.9 Å². The third-order valence-electron chi connectivity index (χ3n) is 6.98. The van der Waals surface area contributed by atoms with Crippen LogP contribution in [0.25, 0.3) is 11.1 Å². The maximum atomic E-state index is 12.7. The molecule has 3 aromatic carbocycles. The molecule has 0 saturated heterocycles. The summed E-state index contributed by atoms with van der Waals surface area (Å²) in [5.74, 6) is 0.713. The predicted octanol–water partition coefficient (Wildman–Crippen LogP) is 8.11. The number of ether oxygens (including phenoxy) is 2. The first-order valence-corrected chi connectivity index (χ1v) is 14.2. The zero-order valence-corrected chi connectivity index (χ0v) is 24.3. The number of fused-ring (bicyclic) bond motifs is 1. The third kappa shape index (κ3) is 6.36. The third-order valence-corrected chi connectivity index (χ3v) is 7.82. The minimum absolute atomic E-state index is 0.633. The van der Waals surface area contributed by atoms with Crippen molar-refractivity contribution in [1.82, 2.24) is 0 Å². The number of benzene rings is 3. The first kappa shape index (κ1) is 28.1. The van der Waals surface area contributed by atoms with E-state index >= 15 is 0 Å². The van der Waals surface area contributed by atoms with Gasteiger partial charge in [0.1, 0.15) is 5.75 Å². The van der Waals surface area contributed by atoms with Gasteiger partial charge in [-0.1, -0.05) is 24.3 Å². The van der Waals surface area contributed by atoms with Gasteiger partial charge in [-0.15, -0.1) is 0 Å². The average Bonchev–Trinajstić information content (AvgIpc) is 2.85. The van der Waals surface area contributed by atoms with Crippen LogP contribution in [0.1, 0.15) is 72.2 Å². The van der Waals surface area contributed by atoms with E-state index in [0.717, 1.165) is 64.5 Å². The second-order valence-corrected chi connectivity index (χ2v) is 12.0. The van der Waals surface area contributed by atoms with Crippen molar-refractivity contribution in [1.29, 1.82) is 0 Å². The van der Waals surface area contributed by atoms with Gasteiger partial charge >= 0.3 is 5.97 Å². The Bertz CT molecular complexity index is 1340. The summed E-state index contributed by atoms with van der Waals surface area (Å²) in [5.41, 5.74) is 9.71. The van der Waals surface area contributed by atoms with E-state index in [0.29, 0.717) is 5.56 Å². The molecule has 2 N–H and O–H groups in total. The molecule has 1 aliphatic heterocycles. The first-order valence-electron chi connectivity index (χ1n) is 13.2. The highest BCUT2D eigenvalue weighted by Crippen LogP contribution is 2.42. The summed E-state index contributed by atoms with van der Waals surface area (Å²) in [6, 6.07) is 14.8. The second-order valence-electron chi connectivity index (χ2n) is 11.2. The summed E-state index contributed by atoms with van der Waals surface area (Å²) in [6.45, 7) is 14.7. The van der Waals surface area contributed by atoms with Gasteiger partial charge in [-0.3, -0.25) is 0 Å². The van der Waals surface area contributed by atoms with Crippen LogP contribution in [0.2, 0.25) is 0 Å². The number of nitrogens with one attached hydrogen (secondary N) is 1. The summed E-state index contributed by atoms with van der Waals surface area (Å²) in [6.07, 6.45) is 0.821. The van der Waals surface area contributed by atoms with Gasteiger partial charge in [-0.05, 0) is 136 Å². The molecule has 4 rings (SSSR count). The lowest BCUT2D eigenvalue weighted by molar-refractivity contribution is -0.160. The van der Waals surface area contributed by atoms with Crippen molar-refractivity contribution in [3.63, 3.8) is 0 Å². The summed E-state index contributed by atoms with van der Waals surface area (Å²) in [5, 5.41) is 10.4. The van der Waals surface area contributed by atoms with E-state index in [9.17, 15) is 9.90 Å². The second kappa shape index (κ2) is 11.4. The van der Waals surface area contributed by atoms with Crippen molar-refractivity contribution >= 4 is 23.6 Å². The number of rotatable bonds is 8. The molecule has 0 aliphatic carbocycles. The molecule has 3 aromatic rings. The lowest BCUT2D eigenvalue weighted by Gasteiger charge is -2.30. The maximum Gasteiger partial charge on any atom is 0.337 e. The Labute approximate surface area is 231 Å². The fraction of sp³-hybridized carbons (Fsp3) is 0.406. The van der Waals surface area contributed by atoms with Gasteiger partial charge in [0.2, 0.25) is 0 Å². The highest BCUT2D eigenvalue weighted by molar-refractivity contribution is 7.99. The molecule has 0 saturated carbocycles. The lowest BCUT2D eigenvalue weighted by Crippen LogP contribution is -2.28. The van der Waals surface area contributed by atoms with Gasteiger partial charge in [0, 0.05) is 17.0 Å². The van der Waals surface area contributed by atoms with Crippen molar-refractivity contribution < 1.29 is 19.4 Å². The molecule has 1 atom stereocenters. The average molecular weight is 534 g/mol. The fourth-order valence-corrected chi connectivity index (χ4v) is 5.74. The Morgan fingerprint density at radius 2 is 1.82 bits per heavy atom. The number of anilines is 1. The summed E-state index contributed by atoms with van der Waals surface area (Å²) in [7, 11) is 0. The monoisotopic (exact) mass is 533 g/mol. The number of carbonyl (C=O) groups is 1. The van der Waals surface area contributed by atoms with Crippen LogP contribution < -0.4 is 9.46 Å². The largest absolute Gasteiger partial charge is 0.493 e. The molecule has 1 aliphatic rings. The van der Waals surface area contributed by atoms with Crippen LogP contribution in [0.5, 0.6) is 5.75 Å². The summed E-state index contributed by atoms with van der Waals surface area (Å²) >= 11 is 1.60. The zero-order valence-electron chi connectivity index (χ0n) is 23.5. The van der Waals surface area contributed by atoms with E-state index in [4.69, 9.17) is 9.47 Å². The van der Waals surface area contributed by atoms with Gasteiger partial charge in [-0.2, -0.15) is 0 Å². The van der Waals surface area contributed by atoms with Crippen LogP contribution in [-0.4, -0.2) is 23.3 Å². The molecule has 0 bridgehead atoms. The standard InChI is InChI=1S/C32H39NO4S/c1-19-10-11-23(15-20(19)2)18-38-33-26-16-21(3)28(25-12-13-27-24(17-25)9-8-14-36-27)29(22(26)4)30(31(34)35)37-32(5,6)7/h10-13,15-17,30,33H,8-9,14,18H2,1-7H3,(H,34,35). The van der Waals surface area contributed by atoms with E-state index in [1.54, 1.807) is 11.9 Å². The highest BCUT2D eigenvalue weighted by Gasteiger charge is 2.32. The van der Waals surface area contributed by atoms with Crippen LogP contribution in [0, 0.1) is 27.7 Å². The van der Waals surface area contributed by atoms with Crippen molar-refractivity contribution in [2.75, 3.05) is 11.3 Å². The minimum atomic E-state index is -1.11. The van der Waals surface area contributed by atoms with Crippen molar-refractivity contribution in [2.45, 2.75) is 78.8 Å². The minimum Gasteiger partial charge on any atom is -0.493 e. The molecule has 38 heavy (non-hydrogen) atoms. The fourth-order valence-electron chi connectivity index (χ4n) is 4.95. The van der Waals surface area contributed by atoms with E-state index in [-0.39, 0.29) is 0 Å². The molecule has 5 nitrogen and oxygen atoms in total. The smallest absolute Gasteiger partial charge is 0.337 e. The van der Waals surface area contributed by atoms with E-state index in [1.165, 1.54) is 16.7 Å². The number of hydrogen-bond acceptors (Lipinski definition) is 5. The van der Waals surface area contributed by atoms with Crippen LogP contribution in [0.15, 0.2) is 42.5 Å². The number of carboxylic acids is 1. The lowest BCUT2D eigenvalue weighted by atomic mass is 9.86. The predicted molar refractivity (Wildman–Crippen MR) is 157 cm³/mol. The van der Waals surface area contributed by atoms with Gasteiger partial charge in [0.25, 0.3) is 0 Å². The molecule has 1 unspecified atom stereocenters. The molecular formula is C32H39NO4S. The van der Waals surface area contributed by atoms with Crippen LogP contribution >= 0.6 is 11.9 Å². The maximum absolute atomic E-state index is 12.7. The number of aliphatic carboxylic acids is 1. The van der Waals surface area contributed by atoms with E-state index in [2.05, 4.69) is 48.9 Å². The van der Waals surface area contributed by atoms with Crippen LogP contribution in [0.3, 0.4) is 0 Å². The van der Waals surface area contributed by atoms with Crippen LogP contribution in [-0.2, 0) is 21.7 Å². The molecule has 0 spiro atoms. The normalized spacial score (nSPS) is 14.0. The topological polar surface area (TPSA) is 67.8 Å². The zero-order chi connectivity index (χ0) is 27.6. The Morgan fingerprint density at radius 1 is 1.05 bits per heavy atom. The van der Waals surface area contributed by atoms with Crippen molar-refractivity contribution in [3.05, 3.63) is 81.4 Å². The molecule has 0 radical (unpaired) electrons. The summed E-state index contributed by atoms with van der Waals surface area (Å²) < 4.78 is 15.5. The summed E-state index contributed by atoms with van der Waals surface area (Å²) in [4.78, 5) is 12.7. The Kier molecular flexibility index (Phi) is 8.43. The van der Waals surface area contributed by atoms with E-state index in [1.807, 2.05) is 46.8 Å². The van der Waals surface area contributed by atoms with E-state index < -0.39 is 17.7 Å². The number of hydrogen-bond donors (Lipinski definition) is 2. The van der Waals surface area contributed by atoms with Crippen molar-refractivity contribution in [2.24, 2.45) is 0 Å². The number of carboxylic acid groups (broad SMARTS) is 1. The molecule has 1 heterocycles. The Balaban J connectivity index is 1.76. The van der Waals surface area contributed by atoms with Crippen LogP contribution in [0.4, 0.5) is 5.69 Å². The van der Waals surface area contributed by atoms with Gasteiger partial charge in [0.05, 0.1) is 12.2 Å². The molecule has 0 amide bonds. The molecular weight excluding hydrogens is 494 g/mol. The highest BCUT2D eigenvalue weighted by atomic mass is 32.2. The SMILES string of the molecule is Cc1ccc(CSNc2cc(C)c(-c3ccc4c(c3)CCCO4)c(C(OC(C)(C)C)C(=O)O)c2C)cc1C. The molecule has 6 heteroatoms. The number of aryl methyl sites for hydroxylation is 4. The Hall–Kier alpha value is -2.96. The van der Waals surface area contributed by atoms with Gasteiger partial charge in [0.15, 0.2) is 6.10 Å². The van der Waals surface area contributed by atoms with Gasteiger partial charge in [-0.25, -0.2) is 4.79 Å². The molecule has 202 valence electrons. The quantitative estimate of drug-likeness (QED) is 0.285. The first-order chi connectivity index (χ1) is 17.9.